The van der Waals surface area contributed by atoms with Crippen LogP contribution < -0.4 is 0 Å². The van der Waals surface area contributed by atoms with Crippen molar-refractivity contribution in [2.24, 2.45) is 0 Å². The molecule has 0 heterocycles. The van der Waals surface area contributed by atoms with Gasteiger partial charge in [-0.1, -0.05) is 31.6 Å². The minimum atomic E-state index is -1.51. The third kappa shape index (κ3) is 4.14. The molecule has 1 aromatic rings. The van der Waals surface area contributed by atoms with Gasteiger partial charge in [-0.25, -0.2) is 0 Å². The highest BCUT2D eigenvalue weighted by atomic mass is 28.3. The molecule has 0 bridgehead atoms. The van der Waals surface area contributed by atoms with Gasteiger partial charge in [0.1, 0.15) is 13.8 Å². The SMILES string of the molecule is CCN(CC)C(=O)c1cccc(C#C[Si](C)(C)C)c1O. The number of para-hydroxylation sites is 1. The molecule has 0 atom stereocenters. The molecule has 108 valence electrons. The number of phenolic OH excluding ortho intramolecular Hbond substituents is 1. The molecule has 0 saturated carbocycles. The number of benzene rings is 1. The number of nitrogens with zero attached hydrogens (tertiary/aromatic N) is 1. The molecule has 0 radical (unpaired) electrons. The van der Waals surface area contributed by atoms with E-state index in [0.717, 1.165) is 0 Å². The van der Waals surface area contributed by atoms with Crippen LogP contribution >= 0.6 is 0 Å². The van der Waals surface area contributed by atoms with Crippen LogP contribution in [0.3, 0.4) is 0 Å². The van der Waals surface area contributed by atoms with Gasteiger partial charge in [0.15, 0.2) is 0 Å². The van der Waals surface area contributed by atoms with E-state index < -0.39 is 8.07 Å². The van der Waals surface area contributed by atoms with Gasteiger partial charge in [0.05, 0.1) is 11.1 Å². The Morgan fingerprint density at radius 3 is 2.35 bits per heavy atom. The second-order valence-electron chi connectivity index (χ2n) is 5.68. The molecule has 0 aliphatic rings. The number of hydrogen-bond donors (Lipinski definition) is 1. The second kappa shape index (κ2) is 6.62. The van der Waals surface area contributed by atoms with Crippen molar-refractivity contribution in [3.63, 3.8) is 0 Å². The number of hydrogen-bond acceptors (Lipinski definition) is 2. The number of phenols is 1. The Bertz CT molecular complexity index is 546. The molecule has 1 rings (SSSR count). The summed E-state index contributed by atoms with van der Waals surface area (Å²) in [6.07, 6.45) is 0. The fourth-order valence-corrected chi connectivity index (χ4v) is 2.26. The molecule has 3 nitrogen and oxygen atoms in total. The lowest BCUT2D eigenvalue weighted by Crippen LogP contribution is -2.30. The maximum atomic E-state index is 12.3. The first-order valence-corrected chi connectivity index (χ1v) is 10.4. The Morgan fingerprint density at radius 1 is 1.25 bits per heavy atom. The highest BCUT2D eigenvalue weighted by Gasteiger charge is 2.18. The van der Waals surface area contributed by atoms with Gasteiger partial charge in [0.25, 0.3) is 5.91 Å². The topological polar surface area (TPSA) is 40.5 Å². The summed E-state index contributed by atoms with van der Waals surface area (Å²) in [5.41, 5.74) is 4.07. The van der Waals surface area contributed by atoms with E-state index in [9.17, 15) is 9.90 Å². The predicted molar refractivity (Wildman–Crippen MR) is 85.6 cm³/mol. The lowest BCUT2D eigenvalue weighted by atomic mass is 10.1. The maximum Gasteiger partial charge on any atom is 0.257 e. The average molecular weight is 289 g/mol. The van der Waals surface area contributed by atoms with Crippen molar-refractivity contribution in [1.29, 1.82) is 0 Å². The molecule has 1 amide bonds. The first-order chi connectivity index (χ1) is 9.30. The number of aromatic hydroxyl groups is 1. The molecular formula is C16H23NO2Si. The molecule has 0 aliphatic heterocycles. The van der Waals surface area contributed by atoms with Gasteiger partial charge < -0.3 is 10.0 Å². The minimum absolute atomic E-state index is 0.00449. The van der Waals surface area contributed by atoms with Gasteiger partial charge in [-0.2, -0.15) is 0 Å². The summed E-state index contributed by atoms with van der Waals surface area (Å²) in [5, 5.41) is 10.3. The lowest BCUT2D eigenvalue weighted by Gasteiger charge is -2.19. The summed E-state index contributed by atoms with van der Waals surface area (Å²) in [5.74, 6) is 2.86. The van der Waals surface area contributed by atoms with Crippen molar-refractivity contribution in [3.05, 3.63) is 29.3 Å². The fraction of sp³-hybridized carbons (Fsp3) is 0.438. The van der Waals surface area contributed by atoms with Crippen LogP contribution in [0.15, 0.2) is 18.2 Å². The van der Waals surface area contributed by atoms with E-state index in [2.05, 4.69) is 31.1 Å². The number of amides is 1. The van der Waals surface area contributed by atoms with Gasteiger partial charge >= 0.3 is 0 Å². The molecule has 1 aromatic carbocycles. The molecule has 0 unspecified atom stereocenters. The van der Waals surface area contributed by atoms with Crippen LogP contribution in [0.5, 0.6) is 5.75 Å². The standard InChI is InChI=1S/C16H23NO2Si/c1-6-17(7-2)16(19)14-10-8-9-13(15(14)18)11-12-20(3,4)5/h8-10,18H,6-7H2,1-5H3. The van der Waals surface area contributed by atoms with Gasteiger partial charge in [-0.05, 0) is 26.0 Å². The summed E-state index contributed by atoms with van der Waals surface area (Å²) in [4.78, 5) is 14.0. The van der Waals surface area contributed by atoms with Crippen LogP contribution in [0.2, 0.25) is 19.6 Å². The highest BCUT2D eigenvalue weighted by Crippen LogP contribution is 2.23. The molecule has 0 aromatic heterocycles. The smallest absolute Gasteiger partial charge is 0.257 e. The monoisotopic (exact) mass is 289 g/mol. The zero-order valence-corrected chi connectivity index (χ0v) is 13.9. The first kappa shape index (κ1) is 16.3. The molecule has 0 fully saturated rings. The van der Waals surface area contributed by atoms with E-state index >= 15 is 0 Å². The average Bonchev–Trinajstić information content (AvgIpc) is 2.37. The summed E-state index contributed by atoms with van der Waals surface area (Å²) in [6, 6.07) is 5.17. The lowest BCUT2D eigenvalue weighted by molar-refractivity contribution is 0.0770. The fourth-order valence-electron chi connectivity index (χ4n) is 1.75. The van der Waals surface area contributed by atoms with Crippen LogP contribution in [0.4, 0.5) is 0 Å². The molecule has 0 spiro atoms. The van der Waals surface area contributed by atoms with Crippen LogP contribution in [0.25, 0.3) is 0 Å². The van der Waals surface area contributed by atoms with Crippen LogP contribution in [0.1, 0.15) is 29.8 Å². The van der Waals surface area contributed by atoms with Crippen molar-refractivity contribution < 1.29 is 9.90 Å². The van der Waals surface area contributed by atoms with Gasteiger partial charge in [0.2, 0.25) is 0 Å². The first-order valence-electron chi connectivity index (χ1n) is 6.94. The molecule has 4 heteroatoms. The summed E-state index contributed by atoms with van der Waals surface area (Å²) in [7, 11) is -1.51. The Labute approximate surface area is 122 Å². The highest BCUT2D eigenvalue weighted by molar-refractivity contribution is 6.83. The third-order valence-corrected chi connectivity index (χ3v) is 3.76. The van der Waals surface area contributed by atoms with Gasteiger partial charge in [-0.15, -0.1) is 5.54 Å². The maximum absolute atomic E-state index is 12.3. The van der Waals surface area contributed by atoms with E-state index in [1.165, 1.54) is 0 Å². The summed E-state index contributed by atoms with van der Waals surface area (Å²) in [6.45, 7) is 11.5. The van der Waals surface area contributed by atoms with Crippen molar-refractivity contribution in [2.45, 2.75) is 33.5 Å². The Morgan fingerprint density at radius 2 is 1.85 bits per heavy atom. The zero-order valence-electron chi connectivity index (χ0n) is 12.9. The van der Waals surface area contributed by atoms with E-state index in [-0.39, 0.29) is 11.7 Å². The van der Waals surface area contributed by atoms with Crippen molar-refractivity contribution >= 4 is 14.0 Å². The van der Waals surface area contributed by atoms with E-state index in [1.54, 1.807) is 23.1 Å². The minimum Gasteiger partial charge on any atom is -0.506 e. The number of carbonyl (C=O) groups is 1. The van der Waals surface area contributed by atoms with Gasteiger partial charge in [0, 0.05) is 13.1 Å². The van der Waals surface area contributed by atoms with Crippen molar-refractivity contribution in [2.75, 3.05) is 13.1 Å². The Kier molecular flexibility index (Phi) is 5.40. The van der Waals surface area contributed by atoms with E-state index in [0.29, 0.717) is 24.2 Å². The normalized spacial score (nSPS) is 10.7. The number of rotatable bonds is 3. The predicted octanol–water partition coefficient (Wildman–Crippen LogP) is 3.10. The summed E-state index contributed by atoms with van der Waals surface area (Å²) >= 11 is 0. The van der Waals surface area contributed by atoms with E-state index in [4.69, 9.17) is 0 Å². The molecular weight excluding hydrogens is 266 g/mol. The third-order valence-electron chi connectivity index (χ3n) is 2.89. The molecule has 0 saturated heterocycles. The van der Waals surface area contributed by atoms with Gasteiger partial charge in [-0.3, -0.25) is 4.79 Å². The summed E-state index contributed by atoms with van der Waals surface area (Å²) < 4.78 is 0. The van der Waals surface area contributed by atoms with E-state index in [1.807, 2.05) is 13.8 Å². The molecule has 20 heavy (non-hydrogen) atoms. The Balaban J connectivity index is 3.19. The van der Waals surface area contributed by atoms with Crippen molar-refractivity contribution in [1.82, 2.24) is 4.90 Å². The van der Waals surface area contributed by atoms with Crippen LogP contribution in [-0.2, 0) is 0 Å². The van der Waals surface area contributed by atoms with Crippen molar-refractivity contribution in [3.8, 4) is 17.2 Å². The quantitative estimate of drug-likeness (QED) is 0.686. The largest absolute Gasteiger partial charge is 0.506 e. The number of carbonyl (C=O) groups excluding carboxylic acids is 1. The second-order valence-corrected chi connectivity index (χ2v) is 10.4. The van der Waals surface area contributed by atoms with Crippen LogP contribution in [-0.4, -0.2) is 37.1 Å². The molecule has 0 aliphatic carbocycles. The Hall–Kier alpha value is -1.73. The molecule has 1 N–H and O–H groups in total. The zero-order chi connectivity index (χ0) is 15.3. The van der Waals surface area contributed by atoms with Crippen LogP contribution in [0, 0.1) is 11.5 Å².